The lowest BCUT2D eigenvalue weighted by atomic mass is 9.96. The van der Waals surface area contributed by atoms with Gasteiger partial charge >= 0.3 is 0 Å². The van der Waals surface area contributed by atoms with Gasteiger partial charge in [-0.2, -0.15) is 0 Å². The number of rotatable bonds is 3. The van der Waals surface area contributed by atoms with Crippen molar-refractivity contribution in [2.24, 2.45) is 9.98 Å². The Morgan fingerprint density at radius 3 is 2.13 bits per heavy atom. The SMILES string of the molecule is COc1ccc(C2=Nc3ccccc3N=C(c3ccc4ccccc4c3O)C2)cc1. The van der Waals surface area contributed by atoms with Crippen LogP contribution in [0.1, 0.15) is 17.5 Å². The molecule has 5 rings (SSSR count). The van der Waals surface area contributed by atoms with Gasteiger partial charge in [0.2, 0.25) is 0 Å². The summed E-state index contributed by atoms with van der Waals surface area (Å²) in [6.07, 6.45) is 0.507. The maximum absolute atomic E-state index is 11.0. The number of phenolic OH excluding ortho intramolecular Hbond substituents is 1. The maximum Gasteiger partial charge on any atom is 0.132 e. The number of ether oxygens (including phenoxy) is 1. The van der Waals surface area contributed by atoms with Crippen LogP contribution in [0.5, 0.6) is 11.5 Å². The third kappa shape index (κ3) is 3.22. The molecule has 0 saturated carbocycles. The van der Waals surface area contributed by atoms with E-state index in [1.807, 2.05) is 84.9 Å². The topological polar surface area (TPSA) is 54.2 Å². The molecule has 0 fully saturated rings. The maximum atomic E-state index is 11.0. The average Bonchev–Trinajstić information content (AvgIpc) is 2.99. The van der Waals surface area contributed by atoms with Gasteiger partial charge in [0, 0.05) is 17.4 Å². The predicted octanol–water partition coefficient (Wildman–Crippen LogP) is 6.20. The zero-order chi connectivity index (χ0) is 20.5. The molecule has 4 aromatic carbocycles. The third-order valence-corrected chi connectivity index (χ3v) is 5.36. The van der Waals surface area contributed by atoms with Crippen LogP contribution in [0.4, 0.5) is 11.4 Å². The van der Waals surface area contributed by atoms with Gasteiger partial charge in [-0.3, -0.25) is 9.98 Å². The lowest BCUT2D eigenvalue weighted by Crippen LogP contribution is -2.10. The average molecular weight is 392 g/mol. The summed E-state index contributed by atoms with van der Waals surface area (Å²) in [6, 6.07) is 27.5. The van der Waals surface area contributed by atoms with Gasteiger partial charge in [0.1, 0.15) is 11.5 Å². The van der Waals surface area contributed by atoms with E-state index in [0.29, 0.717) is 6.42 Å². The van der Waals surface area contributed by atoms with Crippen molar-refractivity contribution in [3.63, 3.8) is 0 Å². The molecule has 4 heteroatoms. The van der Waals surface area contributed by atoms with Crippen LogP contribution in [0.3, 0.4) is 0 Å². The summed E-state index contributed by atoms with van der Waals surface area (Å²) < 4.78 is 5.29. The van der Waals surface area contributed by atoms with Gasteiger partial charge < -0.3 is 9.84 Å². The quantitative estimate of drug-likeness (QED) is 0.451. The van der Waals surface area contributed by atoms with Crippen LogP contribution < -0.4 is 4.74 Å². The summed E-state index contributed by atoms with van der Waals surface area (Å²) in [6.45, 7) is 0. The van der Waals surface area contributed by atoms with Crippen molar-refractivity contribution in [2.45, 2.75) is 6.42 Å². The third-order valence-electron chi connectivity index (χ3n) is 5.36. The Balaban J connectivity index is 1.67. The molecule has 30 heavy (non-hydrogen) atoms. The molecule has 146 valence electrons. The lowest BCUT2D eigenvalue weighted by Gasteiger charge is -2.12. The Bertz CT molecular complexity index is 1300. The highest BCUT2D eigenvalue weighted by molar-refractivity contribution is 6.22. The number of hydrogen-bond donors (Lipinski definition) is 1. The second-order valence-electron chi connectivity index (χ2n) is 7.19. The van der Waals surface area contributed by atoms with Crippen molar-refractivity contribution in [1.82, 2.24) is 0 Å². The molecule has 4 aromatic rings. The first-order valence-electron chi connectivity index (χ1n) is 9.82. The summed E-state index contributed by atoms with van der Waals surface area (Å²) in [7, 11) is 1.65. The summed E-state index contributed by atoms with van der Waals surface area (Å²) in [4.78, 5) is 9.82. The highest BCUT2D eigenvalue weighted by Crippen LogP contribution is 2.36. The Morgan fingerprint density at radius 1 is 0.733 bits per heavy atom. The second kappa shape index (κ2) is 7.48. The van der Waals surface area contributed by atoms with Gasteiger partial charge in [-0.1, -0.05) is 42.5 Å². The number of fused-ring (bicyclic) bond motifs is 2. The summed E-state index contributed by atoms with van der Waals surface area (Å²) in [5, 5.41) is 12.8. The van der Waals surface area contributed by atoms with E-state index in [0.717, 1.165) is 50.4 Å². The number of aromatic hydroxyl groups is 1. The van der Waals surface area contributed by atoms with Crippen molar-refractivity contribution in [3.8, 4) is 11.5 Å². The molecule has 1 N–H and O–H groups in total. The molecule has 0 saturated heterocycles. The molecule has 0 unspecified atom stereocenters. The van der Waals surface area contributed by atoms with E-state index in [1.54, 1.807) is 7.11 Å². The lowest BCUT2D eigenvalue weighted by molar-refractivity contribution is 0.415. The van der Waals surface area contributed by atoms with Crippen LogP contribution in [0, 0.1) is 0 Å². The number of nitrogens with zero attached hydrogens (tertiary/aromatic N) is 2. The molecule has 0 amide bonds. The Labute approximate surface area is 174 Å². The first-order chi connectivity index (χ1) is 14.7. The molecule has 1 aliphatic rings. The Kier molecular flexibility index (Phi) is 4.52. The smallest absolute Gasteiger partial charge is 0.132 e. The standard InChI is InChI=1S/C26H20N2O2/c1-30-19-13-10-18(11-14-19)24-16-25(28-23-9-5-4-8-22(23)27-24)21-15-12-17-6-2-3-7-20(17)26(21)29/h2-15,29H,16H2,1H3. The molecule has 0 aromatic heterocycles. The van der Waals surface area contributed by atoms with E-state index in [1.165, 1.54) is 0 Å². The number of hydrogen-bond acceptors (Lipinski definition) is 4. The predicted molar refractivity (Wildman–Crippen MR) is 122 cm³/mol. The van der Waals surface area contributed by atoms with Gasteiger partial charge in [0.25, 0.3) is 0 Å². The van der Waals surface area contributed by atoms with E-state index in [4.69, 9.17) is 14.7 Å². The molecule has 4 nitrogen and oxygen atoms in total. The zero-order valence-corrected chi connectivity index (χ0v) is 16.5. The number of benzene rings is 4. The molecule has 0 aliphatic carbocycles. The highest BCUT2D eigenvalue weighted by atomic mass is 16.5. The fourth-order valence-electron chi connectivity index (χ4n) is 3.78. The van der Waals surface area contributed by atoms with Gasteiger partial charge in [-0.25, -0.2) is 0 Å². The van der Waals surface area contributed by atoms with E-state index < -0.39 is 0 Å². The summed E-state index contributed by atoms with van der Waals surface area (Å²) >= 11 is 0. The van der Waals surface area contributed by atoms with Crippen LogP contribution >= 0.6 is 0 Å². The first kappa shape index (κ1) is 18.1. The Hall–Kier alpha value is -3.92. The first-order valence-corrected chi connectivity index (χ1v) is 9.82. The van der Waals surface area contributed by atoms with E-state index in [9.17, 15) is 5.11 Å². The van der Waals surface area contributed by atoms with Gasteiger partial charge in [0.15, 0.2) is 0 Å². The molecule has 0 radical (unpaired) electrons. The van der Waals surface area contributed by atoms with E-state index in [2.05, 4.69) is 0 Å². The van der Waals surface area contributed by atoms with Gasteiger partial charge in [0.05, 0.1) is 29.9 Å². The Morgan fingerprint density at radius 2 is 1.40 bits per heavy atom. The molecule has 1 heterocycles. The summed E-state index contributed by atoms with van der Waals surface area (Å²) in [5.41, 5.74) is 5.03. The highest BCUT2D eigenvalue weighted by Gasteiger charge is 2.19. The minimum atomic E-state index is 0.250. The van der Waals surface area contributed by atoms with Crippen LogP contribution in [-0.4, -0.2) is 23.6 Å². The van der Waals surface area contributed by atoms with Crippen LogP contribution in [0.2, 0.25) is 0 Å². The number of para-hydroxylation sites is 2. The van der Waals surface area contributed by atoms with E-state index >= 15 is 0 Å². The van der Waals surface area contributed by atoms with Crippen molar-refractivity contribution >= 4 is 33.6 Å². The molecule has 0 spiro atoms. The van der Waals surface area contributed by atoms with E-state index in [-0.39, 0.29) is 5.75 Å². The minimum absolute atomic E-state index is 0.250. The van der Waals surface area contributed by atoms with Gasteiger partial charge in [-0.15, -0.1) is 0 Å². The van der Waals surface area contributed by atoms with Crippen molar-refractivity contribution in [1.29, 1.82) is 0 Å². The molecule has 1 aliphatic heterocycles. The fraction of sp³-hybridized carbons (Fsp3) is 0.0769. The monoisotopic (exact) mass is 392 g/mol. The molecular weight excluding hydrogens is 372 g/mol. The fourth-order valence-corrected chi connectivity index (χ4v) is 3.78. The normalized spacial score (nSPS) is 13.2. The largest absolute Gasteiger partial charge is 0.507 e. The van der Waals surface area contributed by atoms with Gasteiger partial charge in [-0.05, 0) is 53.4 Å². The van der Waals surface area contributed by atoms with Crippen molar-refractivity contribution < 1.29 is 9.84 Å². The zero-order valence-electron chi connectivity index (χ0n) is 16.5. The molecule has 0 atom stereocenters. The van der Waals surface area contributed by atoms with Crippen molar-refractivity contribution in [2.75, 3.05) is 7.11 Å². The number of aliphatic imine (C=N–C) groups is 2. The molecular formula is C26H20N2O2. The molecule has 0 bridgehead atoms. The second-order valence-corrected chi connectivity index (χ2v) is 7.19. The number of phenols is 1. The minimum Gasteiger partial charge on any atom is -0.507 e. The van der Waals surface area contributed by atoms with Crippen LogP contribution in [0.15, 0.2) is 94.9 Å². The summed E-state index contributed by atoms with van der Waals surface area (Å²) in [5.74, 6) is 1.05. The number of methoxy groups -OCH3 is 1. The van der Waals surface area contributed by atoms with Crippen LogP contribution in [-0.2, 0) is 0 Å². The van der Waals surface area contributed by atoms with Crippen molar-refractivity contribution in [3.05, 3.63) is 96.1 Å². The van der Waals surface area contributed by atoms with Crippen LogP contribution in [0.25, 0.3) is 10.8 Å².